The van der Waals surface area contributed by atoms with Gasteiger partial charge in [-0.1, -0.05) is 24.1 Å². The molecule has 0 bridgehead atoms. The number of likely N-dealkylation sites (tertiary alicyclic amines) is 1. The molecule has 1 saturated heterocycles. The maximum Gasteiger partial charge on any atom is 0.224 e. The highest BCUT2D eigenvalue weighted by atomic mass is 16.1. The molecule has 0 spiro atoms. The van der Waals surface area contributed by atoms with E-state index in [0.29, 0.717) is 6.42 Å². The molecule has 3 heteroatoms. The summed E-state index contributed by atoms with van der Waals surface area (Å²) in [6.45, 7) is 5.69. The van der Waals surface area contributed by atoms with Crippen molar-refractivity contribution in [1.29, 1.82) is 0 Å². The van der Waals surface area contributed by atoms with Crippen LogP contribution in [0.4, 0.5) is 5.69 Å². The molecule has 1 amide bonds. The number of anilines is 1. The maximum absolute atomic E-state index is 11.8. The standard InChI is InChI=1S/C17H26N2O/c1-15-8-10-16(11-9-15)18-17(20)7-3-6-14-19-12-4-2-5-13-19/h8-11H,2-7,12-14H2,1H3,(H,18,20). The topological polar surface area (TPSA) is 32.3 Å². The largest absolute Gasteiger partial charge is 0.326 e. The normalized spacial score (nSPS) is 16.1. The number of unbranched alkanes of at least 4 members (excludes halogenated alkanes) is 1. The van der Waals surface area contributed by atoms with Gasteiger partial charge in [0, 0.05) is 12.1 Å². The van der Waals surface area contributed by atoms with Gasteiger partial charge in [0.05, 0.1) is 0 Å². The van der Waals surface area contributed by atoms with Crippen molar-refractivity contribution in [3.8, 4) is 0 Å². The molecule has 1 N–H and O–H groups in total. The van der Waals surface area contributed by atoms with Crippen LogP contribution in [0.1, 0.15) is 44.1 Å². The summed E-state index contributed by atoms with van der Waals surface area (Å²) in [7, 11) is 0. The van der Waals surface area contributed by atoms with E-state index in [1.165, 1.54) is 37.9 Å². The molecule has 1 aliphatic heterocycles. The van der Waals surface area contributed by atoms with Crippen LogP contribution in [0, 0.1) is 6.92 Å². The number of carbonyl (C=O) groups is 1. The van der Waals surface area contributed by atoms with Crippen LogP contribution < -0.4 is 5.32 Å². The van der Waals surface area contributed by atoms with Crippen LogP contribution in [-0.4, -0.2) is 30.4 Å². The van der Waals surface area contributed by atoms with Crippen molar-refractivity contribution in [2.75, 3.05) is 25.0 Å². The third-order valence-corrected chi connectivity index (χ3v) is 3.91. The lowest BCUT2D eigenvalue weighted by atomic mass is 10.1. The highest BCUT2D eigenvalue weighted by Crippen LogP contribution is 2.11. The molecule has 0 atom stereocenters. The number of hydrogen-bond acceptors (Lipinski definition) is 2. The fourth-order valence-corrected chi connectivity index (χ4v) is 2.66. The van der Waals surface area contributed by atoms with E-state index in [-0.39, 0.29) is 5.91 Å². The Labute approximate surface area is 122 Å². The lowest BCUT2D eigenvalue weighted by Crippen LogP contribution is -2.30. The fourth-order valence-electron chi connectivity index (χ4n) is 2.66. The van der Waals surface area contributed by atoms with Crippen molar-refractivity contribution >= 4 is 11.6 Å². The number of rotatable bonds is 6. The summed E-state index contributed by atoms with van der Waals surface area (Å²) in [5, 5.41) is 2.96. The minimum absolute atomic E-state index is 0.132. The van der Waals surface area contributed by atoms with E-state index < -0.39 is 0 Å². The third-order valence-electron chi connectivity index (χ3n) is 3.91. The summed E-state index contributed by atoms with van der Waals surface area (Å²) in [6, 6.07) is 7.96. The van der Waals surface area contributed by atoms with Crippen LogP contribution in [0.25, 0.3) is 0 Å². The maximum atomic E-state index is 11.8. The second kappa shape index (κ2) is 8.05. The Bertz CT molecular complexity index is 408. The van der Waals surface area contributed by atoms with Crippen LogP contribution in [0.5, 0.6) is 0 Å². The van der Waals surface area contributed by atoms with Crippen molar-refractivity contribution in [3.63, 3.8) is 0 Å². The van der Waals surface area contributed by atoms with Crippen LogP contribution >= 0.6 is 0 Å². The number of benzene rings is 1. The molecule has 3 nitrogen and oxygen atoms in total. The molecular weight excluding hydrogens is 248 g/mol. The zero-order chi connectivity index (χ0) is 14.2. The summed E-state index contributed by atoms with van der Waals surface area (Å²) in [4.78, 5) is 14.4. The molecule has 2 rings (SSSR count). The Kier molecular flexibility index (Phi) is 6.06. The number of amides is 1. The monoisotopic (exact) mass is 274 g/mol. The number of hydrogen-bond donors (Lipinski definition) is 1. The Morgan fingerprint density at radius 2 is 1.80 bits per heavy atom. The van der Waals surface area contributed by atoms with E-state index in [1.54, 1.807) is 0 Å². The van der Waals surface area contributed by atoms with Crippen molar-refractivity contribution in [3.05, 3.63) is 29.8 Å². The summed E-state index contributed by atoms with van der Waals surface area (Å²) >= 11 is 0. The van der Waals surface area contributed by atoms with E-state index in [0.717, 1.165) is 25.1 Å². The van der Waals surface area contributed by atoms with Gasteiger partial charge in [0.15, 0.2) is 0 Å². The average Bonchev–Trinajstić information content (AvgIpc) is 2.47. The van der Waals surface area contributed by atoms with Gasteiger partial charge in [0.1, 0.15) is 0 Å². The third kappa shape index (κ3) is 5.33. The van der Waals surface area contributed by atoms with Crippen molar-refractivity contribution < 1.29 is 4.79 Å². The van der Waals surface area contributed by atoms with Crippen LogP contribution in [-0.2, 0) is 4.79 Å². The van der Waals surface area contributed by atoms with Gasteiger partial charge in [-0.2, -0.15) is 0 Å². The second-order valence-corrected chi connectivity index (χ2v) is 5.77. The Hall–Kier alpha value is -1.35. The molecule has 0 saturated carbocycles. The molecule has 0 aliphatic carbocycles. The summed E-state index contributed by atoms with van der Waals surface area (Å²) in [5.41, 5.74) is 2.11. The van der Waals surface area contributed by atoms with Gasteiger partial charge in [-0.15, -0.1) is 0 Å². The lowest BCUT2D eigenvalue weighted by Gasteiger charge is -2.26. The zero-order valence-electron chi connectivity index (χ0n) is 12.5. The predicted molar refractivity (Wildman–Crippen MR) is 84.0 cm³/mol. The number of nitrogens with one attached hydrogen (secondary N) is 1. The van der Waals surface area contributed by atoms with E-state index in [1.807, 2.05) is 31.2 Å². The molecule has 110 valence electrons. The highest BCUT2D eigenvalue weighted by molar-refractivity contribution is 5.90. The number of aryl methyl sites for hydroxylation is 1. The van der Waals surface area contributed by atoms with Gasteiger partial charge in [0.25, 0.3) is 0 Å². The average molecular weight is 274 g/mol. The zero-order valence-corrected chi connectivity index (χ0v) is 12.5. The van der Waals surface area contributed by atoms with Crippen LogP contribution in [0.3, 0.4) is 0 Å². The molecule has 20 heavy (non-hydrogen) atoms. The number of piperidine rings is 1. The summed E-state index contributed by atoms with van der Waals surface area (Å²) < 4.78 is 0. The molecular formula is C17H26N2O. The Morgan fingerprint density at radius 3 is 2.50 bits per heavy atom. The van der Waals surface area contributed by atoms with Crippen LogP contribution in [0.2, 0.25) is 0 Å². The lowest BCUT2D eigenvalue weighted by molar-refractivity contribution is -0.116. The van der Waals surface area contributed by atoms with Gasteiger partial charge in [-0.25, -0.2) is 0 Å². The Morgan fingerprint density at radius 1 is 1.10 bits per heavy atom. The molecule has 0 unspecified atom stereocenters. The van der Waals surface area contributed by atoms with Crippen molar-refractivity contribution in [2.24, 2.45) is 0 Å². The Balaban J connectivity index is 1.59. The molecule has 1 heterocycles. The van der Waals surface area contributed by atoms with Crippen molar-refractivity contribution in [2.45, 2.75) is 45.4 Å². The van der Waals surface area contributed by atoms with E-state index in [4.69, 9.17) is 0 Å². The minimum atomic E-state index is 0.132. The SMILES string of the molecule is Cc1ccc(NC(=O)CCCCN2CCCCC2)cc1. The highest BCUT2D eigenvalue weighted by Gasteiger charge is 2.09. The molecule has 1 aliphatic rings. The van der Waals surface area contributed by atoms with E-state index in [9.17, 15) is 4.79 Å². The number of carbonyl (C=O) groups excluding carboxylic acids is 1. The fraction of sp³-hybridized carbons (Fsp3) is 0.588. The molecule has 0 aromatic heterocycles. The minimum Gasteiger partial charge on any atom is -0.326 e. The second-order valence-electron chi connectivity index (χ2n) is 5.77. The van der Waals surface area contributed by atoms with Crippen molar-refractivity contribution in [1.82, 2.24) is 4.90 Å². The van der Waals surface area contributed by atoms with Gasteiger partial charge in [-0.05, 0) is 64.4 Å². The van der Waals surface area contributed by atoms with Crippen LogP contribution in [0.15, 0.2) is 24.3 Å². The first-order valence-electron chi connectivity index (χ1n) is 7.83. The first kappa shape index (κ1) is 15.0. The molecule has 1 aromatic rings. The van der Waals surface area contributed by atoms with E-state index in [2.05, 4.69) is 10.2 Å². The van der Waals surface area contributed by atoms with Gasteiger partial charge in [0.2, 0.25) is 5.91 Å². The first-order valence-corrected chi connectivity index (χ1v) is 7.83. The first-order chi connectivity index (χ1) is 9.74. The molecule has 1 aromatic carbocycles. The quantitative estimate of drug-likeness (QED) is 0.804. The molecule has 0 radical (unpaired) electrons. The molecule has 1 fully saturated rings. The summed E-state index contributed by atoms with van der Waals surface area (Å²) in [6.07, 6.45) is 6.80. The van der Waals surface area contributed by atoms with Gasteiger partial charge < -0.3 is 10.2 Å². The van der Waals surface area contributed by atoms with E-state index >= 15 is 0 Å². The summed E-state index contributed by atoms with van der Waals surface area (Å²) in [5.74, 6) is 0.132. The number of nitrogens with zero attached hydrogens (tertiary/aromatic N) is 1. The van der Waals surface area contributed by atoms with Gasteiger partial charge >= 0.3 is 0 Å². The predicted octanol–water partition coefficient (Wildman–Crippen LogP) is 3.59. The van der Waals surface area contributed by atoms with Gasteiger partial charge in [-0.3, -0.25) is 4.79 Å². The smallest absolute Gasteiger partial charge is 0.224 e.